The Hall–Kier alpha value is -1.95. The largest absolute Gasteiger partial charge is 0.352 e. The first kappa shape index (κ1) is 15.9. The maximum absolute atomic E-state index is 13.2. The molecule has 1 atom stereocenters. The van der Waals surface area contributed by atoms with Gasteiger partial charge in [0.15, 0.2) is 5.13 Å². The van der Waals surface area contributed by atoms with E-state index in [9.17, 15) is 9.18 Å². The first-order chi connectivity index (χ1) is 11.1. The molecule has 1 amide bonds. The number of nitrogens with zero attached hydrogens (tertiary/aromatic N) is 2. The van der Waals surface area contributed by atoms with Gasteiger partial charge in [0.2, 0.25) is 5.91 Å². The lowest BCUT2D eigenvalue weighted by atomic mass is 10.1. The van der Waals surface area contributed by atoms with E-state index in [2.05, 4.69) is 15.2 Å². The van der Waals surface area contributed by atoms with Crippen LogP contribution in [0, 0.1) is 12.7 Å². The Bertz CT molecular complexity index is 674. The molecule has 3 rings (SSSR count). The molecular weight excluding hydrogens is 313 g/mol. The van der Waals surface area contributed by atoms with Gasteiger partial charge in [-0.2, -0.15) is 0 Å². The van der Waals surface area contributed by atoms with Crippen LogP contribution < -0.4 is 10.2 Å². The number of hydrogen-bond donors (Lipinski definition) is 1. The van der Waals surface area contributed by atoms with Gasteiger partial charge in [-0.15, -0.1) is 11.3 Å². The Morgan fingerprint density at radius 3 is 3.13 bits per heavy atom. The van der Waals surface area contributed by atoms with Crippen LogP contribution in [-0.4, -0.2) is 30.0 Å². The molecule has 0 aliphatic carbocycles. The van der Waals surface area contributed by atoms with Crippen LogP contribution in [0.4, 0.5) is 9.52 Å². The highest BCUT2D eigenvalue weighted by Crippen LogP contribution is 2.22. The summed E-state index contributed by atoms with van der Waals surface area (Å²) >= 11 is 1.62. The molecule has 1 saturated heterocycles. The second-order valence-electron chi connectivity index (χ2n) is 5.90. The topological polar surface area (TPSA) is 45.2 Å². The van der Waals surface area contributed by atoms with Gasteiger partial charge in [-0.25, -0.2) is 9.37 Å². The van der Waals surface area contributed by atoms with E-state index in [0.717, 1.165) is 30.2 Å². The minimum Gasteiger partial charge on any atom is -0.352 e. The average Bonchev–Trinajstić information content (AvgIpc) is 3.19. The number of halogens is 1. The number of nitrogens with one attached hydrogen (secondary N) is 1. The van der Waals surface area contributed by atoms with Crippen LogP contribution in [0.2, 0.25) is 0 Å². The van der Waals surface area contributed by atoms with Crippen LogP contribution >= 0.6 is 11.3 Å². The van der Waals surface area contributed by atoms with Crippen molar-refractivity contribution >= 4 is 22.4 Å². The lowest BCUT2D eigenvalue weighted by Crippen LogP contribution is -2.37. The minimum absolute atomic E-state index is 0.0537. The second kappa shape index (κ2) is 7.08. The normalized spacial score (nSPS) is 17.5. The molecule has 0 spiro atoms. The summed E-state index contributed by atoms with van der Waals surface area (Å²) in [6.07, 6.45) is 3.81. The molecule has 0 saturated carbocycles. The summed E-state index contributed by atoms with van der Waals surface area (Å²) in [5.41, 5.74) is 1.62. The lowest BCUT2D eigenvalue weighted by molar-refractivity contribution is -0.121. The van der Waals surface area contributed by atoms with E-state index in [-0.39, 0.29) is 17.8 Å². The van der Waals surface area contributed by atoms with Crippen LogP contribution in [0.15, 0.2) is 29.8 Å². The first-order valence-electron chi connectivity index (χ1n) is 7.80. The van der Waals surface area contributed by atoms with E-state index >= 15 is 0 Å². The van der Waals surface area contributed by atoms with Crippen molar-refractivity contribution in [3.8, 4) is 0 Å². The van der Waals surface area contributed by atoms with Gasteiger partial charge < -0.3 is 10.2 Å². The van der Waals surface area contributed by atoms with Crippen LogP contribution in [0.5, 0.6) is 0 Å². The molecule has 2 aromatic rings. The fourth-order valence-corrected chi connectivity index (χ4v) is 3.52. The molecular formula is C17H20FN3OS. The minimum atomic E-state index is -0.202. The fraction of sp³-hybridized carbons (Fsp3) is 0.412. The molecule has 1 fully saturated rings. The number of aromatic nitrogens is 1. The molecule has 1 aliphatic rings. The standard InChI is InChI=1S/C17H20FN3OS/c1-12-10-13(2-4-15(12)18)3-5-16(22)20-14-6-8-21(11-14)17-19-7-9-23-17/h2,4,7,9-10,14H,3,5-6,8,11H2,1H3,(H,20,22). The maximum Gasteiger partial charge on any atom is 0.220 e. The summed E-state index contributed by atoms with van der Waals surface area (Å²) < 4.78 is 13.2. The molecule has 23 heavy (non-hydrogen) atoms. The highest BCUT2D eigenvalue weighted by atomic mass is 32.1. The van der Waals surface area contributed by atoms with Crippen molar-refractivity contribution < 1.29 is 9.18 Å². The summed E-state index contributed by atoms with van der Waals surface area (Å²) in [6.45, 7) is 3.48. The Morgan fingerprint density at radius 1 is 1.52 bits per heavy atom. The Balaban J connectivity index is 1.45. The van der Waals surface area contributed by atoms with Gasteiger partial charge in [-0.3, -0.25) is 4.79 Å². The van der Waals surface area contributed by atoms with Crippen molar-refractivity contribution in [2.45, 2.75) is 32.2 Å². The first-order valence-corrected chi connectivity index (χ1v) is 8.68. The van der Waals surface area contributed by atoms with Gasteiger partial charge in [0, 0.05) is 37.1 Å². The molecule has 1 N–H and O–H groups in total. The monoisotopic (exact) mass is 333 g/mol. The van der Waals surface area contributed by atoms with E-state index in [1.807, 2.05) is 11.4 Å². The van der Waals surface area contributed by atoms with Gasteiger partial charge in [-0.05, 0) is 37.0 Å². The SMILES string of the molecule is Cc1cc(CCC(=O)NC2CCN(c3nccs3)C2)ccc1F. The Kier molecular flexibility index (Phi) is 4.91. The van der Waals surface area contributed by atoms with E-state index in [0.29, 0.717) is 18.4 Å². The number of anilines is 1. The quantitative estimate of drug-likeness (QED) is 0.915. The summed E-state index contributed by atoms with van der Waals surface area (Å²) in [5, 5.41) is 6.07. The number of amides is 1. The van der Waals surface area contributed by atoms with Crippen molar-refractivity contribution in [2.75, 3.05) is 18.0 Å². The summed E-state index contributed by atoms with van der Waals surface area (Å²) in [7, 11) is 0. The zero-order valence-electron chi connectivity index (χ0n) is 13.1. The van der Waals surface area contributed by atoms with E-state index in [4.69, 9.17) is 0 Å². The van der Waals surface area contributed by atoms with Crippen LogP contribution in [0.25, 0.3) is 0 Å². The van der Waals surface area contributed by atoms with E-state index in [1.165, 1.54) is 6.07 Å². The van der Waals surface area contributed by atoms with Crippen molar-refractivity contribution in [3.05, 3.63) is 46.7 Å². The van der Waals surface area contributed by atoms with Gasteiger partial charge in [0.05, 0.1) is 0 Å². The zero-order chi connectivity index (χ0) is 16.2. The highest BCUT2D eigenvalue weighted by Gasteiger charge is 2.25. The van der Waals surface area contributed by atoms with Gasteiger partial charge in [0.1, 0.15) is 5.82 Å². The van der Waals surface area contributed by atoms with Crippen molar-refractivity contribution in [2.24, 2.45) is 0 Å². The number of carbonyl (C=O) groups is 1. The molecule has 1 aromatic carbocycles. The molecule has 1 aliphatic heterocycles. The lowest BCUT2D eigenvalue weighted by Gasteiger charge is -2.15. The van der Waals surface area contributed by atoms with E-state index in [1.54, 1.807) is 30.5 Å². The molecule has 1 aromatic heterocycles. The molecule has 122 valence electrons. The summed E-state index contributed by atoms with van der Waals surface area (Å²) in [6, 6.07) is 5.20. The van der Waals surface area contributed by atoms with Crippen molar-refractivity contribution in [1.29, 1.82) is 0 Å². The maximum atomic E-state index is 13.2. The fourth-order valence-electron chi connectivity index (χ4n) is 2.84. The van der Waals surface area contributed by atoms with Gasteiger partial charge >= 0.3 is 0 Å². The zero-order valence-corrected chi connectivity index (χ0v) is 13.9. The molecule has 6 heteroatoms. The Labute approximate surface area is 139 Å². The molecule has 0 bridgehead atoms. The predicted molar refractivity (Wildman–Crippen MR) is 90.3 cm³/mol. The van der Waals surface area contributed by atoms with Gasteiger partial charge in [-0.1, -0.05) is 12.1 Å². The molecule has 2 heterocycles. The Morgan fingerprint density at radius 2 is 2.39 bits per heavy atom. The number of thiazole rings is 1. The van der Waals surface area contributed by atoms with E-state index < -0.39 is 0 Å². The van der Waals surface area contributed by atoms with Crippen molar-refractivity contribution in [1.82, 2.24) is 10.3 Å². The second-order valence-corrected chi connectivity index (χ2v) is 6.77. The number of carbonyl (C=O) groups excluding carboxylic acids is 1. The van der Waals surface area contributed by atoms with Crippen molar-refractivity contribution in [3.63, 3.8) is 0 Å². The molecule has 0 radical (unpaired) electrons. The van der Waals surface area contributed by atoms with Crippen LogP contribution in [-0.2, 0) is 11.2 Å². The summed E-state index contributed by atoms with van der Waals surface area (Å²) in [4.78, 5) is 18.6. The van der Waals surface area contributed by atoms with Gasteiger partial charge in [0.25, 0.3) is 0 Å². The number of benzene rings is 1. The number of hydrogen-bond acceptors (Lipinski definition) is 4. The average molecular weight is 333 g/mol. The highest BCUT2D eigenvalue weighted by molar-refractivity contribution is 7.13. The molecule has 4 nitrogen and oxygen atoms in total. The molecule has 1 unspecified atom stereocenters. The smallest absolute Gasteiger partial charge is 0.220 e. The summed E-state index contributed by atoms with van der Waals surface area (Å²) in [5.74, 6) is -0.149. The number of rotatable bonds is 5. The third-order valence-electron chi connectivity index (χ3n) is 4.11. The predicted octanol–water partition coefficient (Wildman–Crippen LogP) is 2.92. The van der Waals surface area contributed by atoms with Crippen LogP contribution in [0.3, 0.4) is 0 Å². The third kappa shape index (κ3) is 4.07. The number of aryl methyl sites for hydroxylation is 2. The van der Waals surface area contributed by atoms with Crippen LogP contribution in [0.1, 0.15) is 24.0 Å². The third-order valence-corrected chi connectivity index (χ3v) is 4.94.